The van der Waals surface area contributed by atoms with E-state index < -0.39 is 0 Å². The lowest BCUT2D eigenvalue weighted by atomic mass is 9.87. The Bertz CT molecular complexity index is 642. The van der Waals surface area contributed by atoms with Crippen LogP contribution in [-0.2, 0) is 22.4 Å². The van der Waals surface area contributed by atoms with E-state index in [9.17, 15) is 9.59 Å². The Labute approximate surface area is 155 Å². The van der Waals surface area contributed by atoms with Crippen molar-refractivity contribution in [3.8, 4) is 0 Å². The molecule has 0 radical (unpaired) electrons. The van der Waals surface area contributed by atoms with E-state index in [0.29, 0.717) is 32.6 Å². The molecule has 4 rings (SSSR count). The van der Waals surface area contributed by atoms with Gasteiger partial charge in [0.2, 0.25) is 11.8 Å². The molecule has 1 unspecified atom stereocenters. The lowest BCUT2D eigenvalue weighted by Crippen LogP contribution is -2.52. The van der Waals surface area contributed by atoms with Gasteiger partial charge in [-0.2, -0.15) is 5.10 Å². The molecular formula is C20H30N4O2. The molecular weight excluding hydrogens is 328 g/mol. The number of amides is 2. The molecule has 1 aromatic rings. The first-order valence-electron chi connectivity index (χ1n) is 10.3. The Morgan fingerprint density at radius 2 is 1.81 bits per heavy atom. The first-order valence-corrected chi connectivity index (χ1v) is 10.3. The maximum absolute atomic E-state index is 12.8. The summed E-state index contributed by atoms with van der Waals surface area (Å²) in [6, 6.07) is 0. The SMILES string of the molecule is O=C(CCC1CCCC1)N1CCN(C(=O)C2CCc3cn[nH]c3C2)CC1. The Morgan fingerprint density at radius 1 is 1.08 bits per heavy atom. The van der Waals surface area contributed by atoms with Crippen molar-refractivity contribution in [1.82, 2.24) is 20.0 Å². The molecule has 1 atom stereocenters. The van der Waals surface area contributed by atoms with Gasteiger partial charge in [0, 0.05) is 50.6 Å². The van der Waals surface area contributed by atoms with Crippen LogP contribution >= 0.6 is 0 Å². The van der Waals surface area contributed by atoms with E-state index >= 15 is 0 Å². The van der Waals surface area contributed by atoms with Crippen LogP contribution in [0.15, 0.2) is 6.20 Å². The van der Waals surface area contributed by atoms with Gasteiger partial charge in [-0.3, -0.25) is 14.7 Å². The van der Waals surface area contributed by atoms with Crippen LogP contribution in [0.1, 0.15) is 56.2 Å². The summed E-state index contributed by atoms with van der Waals surface area (Å²) in [4.78, 5) is 29.2. The molecule has 1 saturated carbocycles. The fourth-order valence-electron chi connectivity index (χ4n) is 4.84. The first kappa shape index (κ1) is 17.6. The van der Waals surface area contributed by atoms with Crippen molar-refractivity contribution >= 4 is 11.8 Å². The third-order valence-electron chi connectivity index (χ3n) is 6.55. The molecule has 3 aliphatic rings. The molecule has 1 saturated heterocycles. The molecule has 1 N–H and O–H groups in total. The molecule has 1 aromatic heterocycles. The van der Waals surface area contributed by atoms with E-state index in [0.717, 1.165) is 37.3 Å². The maximum atomic E-state index is 12.8. The third kappa shape index (κ3) is 3.79. The largest absolute Gasteiger partial charge is 0.339 e. The molecule has 6 nitrogen and oxygen atoms in total. The van der Waals surface area contributed by atoms with Gasteiger partial charge in [0.05, 0.1) is 6.20 Å². The molecule has 2 heterocycles. The van der Waals surface area contributed by atoms with Gasteiger partial charge in [0.1, 0.15) is 0 Å². The van der Waals surface area contributed by atoms with Crippen molar-refractivity contribution in [2.24, 2.45) is 11.8 Å². The fraction of sp³-hybridized carbons (Fsp3) is 0.750. The number of H-pyrrole nitrogens is 1. The lowest BCUT2D eigenvalue weighted by Gasteiger charge is -2.37. The highest BCUT2D eigenvalue weighted by Crippen LogP contribution is 2.29. The Kier molecular flexibility index (Phi) is 5.27. The van der Waals surface area contributed by atoms with Crippen molar-refractivity contribution in [2.75, 3.05) is 26.2 Å². The first-order chi connectivity index (χ1) is 12.7. The fourth-order valence-corrected chi connectivity index (χ4v) is 4.84. The summed E-state index contributed by atoms with van der Waals surface area (Å²) in [6.45, 7) is 2.75. The Balaban J connectivity index is 1.23. The average molecular weight is 358 g/mol. The highest BCUT2D eigenvalue weighted by atomic mass is 16.2. The normalized spacial score (nSPS) is 23.9. The van der Waals surface area contributed by atoms with Gasteiger partial charge in [-0.1, -0.05) is 25.7 Å². The quantitative estimate of drug-likeness (QED) is 0.897. The standard InChI is InChI=1S/C20H30N4O2/c25-19(8-5-15-3-1-2-4-15)23-9-11-24(12-10-23)20(26)16-6-7-17-14-21-22-18(17)13-16/h14-16H,1-13H2,(H,21,22). The number of fused-ring (bicyclic) bond motifs is 1. The number of aromatic nitrogens is 2. The van der Waals surface area contributed by atoms with Gasteiger partial charge >= 0.3 is 0 Å². The van der Waals surface area contributed by atoms with Gasteiger partial charge in [0.15, 0.2) is 0 Å². The maximum Gasteiger partial charge on any atom is 0.226 e. The minimum atomic E-state index is 0.0626. The van der Waals surface area contributed by atoms with Crippen molar-refractivity contribution in [2.45, 2.75) is 57.8 Å². The van der Waals surface area contributed by atoms with Crippen LogP contribution in [-0.4, -0.2) is 58.0 Å². The van der Waals surface area contributed by atoms with Crippen molar-refractivity contribution < 1.29 is 9.59 Å². The molecule has 142 valence electrons. The molecule has 6 heteroatoms. The van der Waals surface area contributed by atoms with E-state index in [4.69, 9.17) is 0 Å². The summed E-state index contributed by atoms with van der Waals surface area (Å²) in [5.74, 6) is 1.36. The number of aryl methyl sites for hydroxylation is 1. The highest BCUT2D eigenvalue weighted by molar-refractivity contribution is 5.80. The Morgan fingerprint density at radius 3 is 2.58 bits per heavy atom. The summed E-state index contributed by atoms with van der Waals surface area (Å²) >= 11 is 0. The summed E-state index contributed by atoms with van der Waals surface area (Å²) in [6.07, 6.45) is 11.5. The van der Waals surface area contributed by atoms with E-state index in [2.05, 4.69) is 10.2 Å². The molecule has 0 bridgehead atoms. The minimum Gasteiger partial charge on any atom is -0.339 e. The third-order valence-corrected chi connectivity index (χ3v) is 6.55. The number of nitrogens with zero attached hydrogens (tertiary/aromatic N) is 3. The molecule has 2 amide bonds. The lowest BCUT2D eigenvalue weighted by molar-refractivity contribution is -0.142. The second-order valence-corrected chi connectivity index (χ2v) is 8.21. The van der Waals surface area contributed by atoms with Gasteiger partial charge in [-0.15, -0.1) is 0 Å². The minimum absolute atomic E-state index is 0.0626. The van der Waals surface area contributed by atoms with Crippen molar-refractivity contribution in [3.63, 3.8) is 0 Å². The predicted molar refractivity (Wildman–Crippen MR) is 98.5 cm³/mol. The van der Waals surface area contributed by atoms with Crippen LogP contribution in [0, 0.1) is 11.8 Å². The average Bonchev–Trinajstić information content (AvgIpc) is 3.36. The van der Waals surface area contributed by atoms with Crippen LogP contribution in [0.4, 0.5) is 0 Å². The number of hydrogen-bond donors (Lipinski definition) is 1. The second-order valence-electron chi connectivity index (χ2n) is 8.21. The number of hydrogen-bond acceptors (Lipinski definition) is 3. The number of piperazine rings is 1. The molecule has 0 aromatic carbocycles. The predicted octanol–water partition coefficient (Wildman–Crippen LogP) is 2.16. The number of rotatable bonds is 4. The van der Waals surface area contributed by atoms with E-state index in [1.165, 1.54) is 31.2 Å². The summed E-state index contributed by atoms with van der Waals surface area (Å²) in [5.41, 5.74) is 2.38. The molecule has 2 fully saturated rings. The number of carbonyl (C=O) groups excluding carboxylic acids is 2. The van der Waals surface area contributed by atoms with Crippen LogP contribution in [0.5, 0.6) is 0 Å². The zero-order chi connectivity index (χ0) is 17.9. The molecule has 26 heavy (non-hydrogen) atoms. The van der Waals surface area contributed by atoms with Gasteiger partial charge in [-0.05, 0) is 30.7 Å². The van der Waals surface area contributed by atoms with Gasteiger partial charge in [0.25, 0.3) is 0 Å². The van der Waals surface area contributed by atoms with Crippen LogP contribution in [0.2, 0.25) is 0 Å². The second kappa shape index (κ2) is 7.80. The topological polar surface area (TPSA) is 69.3 Å². The monoisotopic (exact) mass is 358 g/mol. The smallest absolute Gasteiger partial charge is 0.226 e. The van der Waals surface area contributed by atoms with Crippen LogP contribution < -0.4 is 0 Å². The van der Waals surface area contributed by atoms with Gasteiger partial charge in [-0.25, -0.2) is 0 Å². The highest BCUT2D eigenvalue weighted by Gasteiger charge is 2.32. The molecule has 0 spiro atoms. The Hall–Kier alpha value is -1.85. The summed E-state index contributed by atoms with van der Waals surface area (Å²) < 4.78 is 0. The molecule has 2 aliphatic carbocycles. The number of aromatic amines is 1. The summed E-state index contributed by atoms with van der Waals surface area (Å²) in [5, 5.41) is 7.12. The van der Waals surface area contributed by atoms with Crippen LogP contribution in [0.3, 0.4) is 0 Å². The van der Waals surface area contributed by atoms with E-state index in [-0.39, 0.29) is 17.7 Å². The van der Waals surface area contributed by atoms with E-state index in [1.807, 2.05) is 16.0 Å². The molecule has 1 aliphatic heterocycles. The van der Waals surface area contributed by atoms with Crippen molar-refractivity contribution in [1.29, 1.82) is 0 Å². The van der Waals surface area contributed by atoms with E-state index in [1.54, 1.807) is 0 Å². The number of nitrogens with one attached hydrogen (secondary N) is 1. The zero-order valence-corrected chi connectivity index (χ0v) is 15.6. The van der Waals surface area contributed by atoms with Crippen molar-refractivity contribution in [3.05, 3.63) is 17.5 Å². The van der Waals surface area contributed by atoms with Crippen LogP contribution in [0.25, 0.3) is 0 Å². The number of carbonyl (C=O) groups is 2. The zero-order valence-electron chi connectivity index (χ0n) is 15.6. The summed E-state index contributed by atoms with van der Waals surface area (Å²) in [7, 11) is 0. The van der Waals surface area contributed by atoms with Gasteiger partial charge < -0.3 is 9.80 Å².